The first-order valence-electron chi connectivity index (χ1n) is 8.41. The molecule has 0 aromatic heterocycles. The van der Waals surface area contributed by atoms with E-state index in [4.69, 9.17) is 0 Å². The highest BCUT2D eigenvalue weighted by Gasteiger charge is 2.32. The van der Waals surface area contributed by atoms with Gasteiger partial charge in [-0.1, -0.05) is 12.1 Å². The lowest BCUT2D eigenvalue weighted by molar-refractivity contribution is -0.138. The molecule has 0 heterocycles. The predicted octanol–water partition coefficient (Wildman–Crippen LogP) is 4.98. The molecule has 2 aromatic carbocycles. The number of benzene rings is 2. The van der Waals surface area contributed by atoms with E-state index in [1.54, 1.807) is 0 Å². The van der Waals surface area contributed by atoms with Gasteiger partial charge < -0.3 is 10.0 Å². The van der Waals surface area contributed by atoms with Gasteiger partial charge >= 0.3 is 18.4 Å². The molecule has 30 heavy (non-hydrogen) atoms. The first kappa shape index (κ1) is 23.0. The molecular weight excluding hydrogens is 418 g/mol. The second kappa shape index (κ2) is 8.64. The maximum atomic E-state index is 12.9. The molecule has 11 heteroatoms. The Hall–Kier alpha value is -3.24. The molecule has 2 amide bonds. The van der Waals surface area contributed by atoms with E-state index < -0.39 is 42.0 Å². The summed E-state index contributed by atoms with van der Waals surface area (Å²) in [7, 11) is 1.24. The largest absolute Gasteiger partial charge is 0.465 e. The van der Waals surface area contributed by atoms with Crippen molar-refractivity contribution in [2.24, 2.45) is 0 Å². The molecule has 0 bridgehead atoms. The number of halogens is 6. The second-order valence-electron chi connectivity index (χ2n) is 6.29. The molecule has 0 saturated carbocycles. The topological polar surface area (TPSA) is 60.9 Å². The molecule has 0 aliphatic heterocycles. The number of carbonyl (C=O) groups is 2. The van der Waals surface area contributed by atoms with Gasteiger partial charge in [0.15, 0.2) is 0 Å². The third-order valence-corrected chi connectivity index (χ3v) is 4.16. The fourth-order valence-electron chi connectivity index (χ4n) is 2.59. The molecule has 2 rings (SSSR count). The Morgan fingerprint density at radius 2 is 1.40 bits per heavy atom. The van der Waals surface area contributed by atoms with Crippen molar-refractivity contribution in [3.05, 3.63) is 65.2 Å². The summed E-state index contributed by atoms with van der Waals surface area (Å²) in [5.41, 5.74) is -2.57. The van der Waals surface area contributed by atoms with Gasteiger partial charge in [0.1, 0.15) is 0 Å². The number of carboxylic acid groups (broad SMARTS) is 1. The standard InChI is InChI=1S/C19H16F6N2O3/c1-26(16(28)12-4-2-5-13(10-12)18(20,21)22)8-9-27(17(29)30)15-7-3-6-14(11-15)19(23,24)25/h2-7,10-11H,8-9H2,1H3,(H,29,30). The van der Waals surface area contributed by atoms with E-state index >= 15 is 0 Å². The number of alkyl halides is 6. The zero-order chi connectivity index (χ0) is 22.7. The van der Waals surface area contributed by atoms with E-state index in [0.717, 1.165) is 35.2 Å². The summed E-state index contributed by atoms with van der Waals surface area (Å²) >= 11 is 0. The van der Waals surface area contributed by atoms with Gasteiger partial charge in [0.25, 0.3) is 5.91 Å². The third-order valence-electron chi connectivity index (χ3n) is 4.16. The monoisotopic (exact) mass is 434 g/mol. The summed E-state index contributed by atoms with van der Waals surface area (Å²) in [6, 6.07) is 7.36. The van der Waals surface area contributed by atoms with Crippen molar-refractivity contribution in [1.82, 2.24) is 4.90 Å². The van der Waals surface area contributed by atoms with Crippen molar-refractivity contribution in [2.45, 2.75) is 12.4 Å². The van der Waals surface area contributed by atoms with E-state index in [2.05, 4.69) is 0 Å². The van der Waals surface area contributed by atoms with Crippen molar-refractivity contribution in [1.29, 1.82) is 0 Å². The van der Waals surface area contributed by atoms with E-state index in [1.807, 2.05) is 0 Å². The Kier molecular flexibility index (Phi) is 6.63. The van der Waals surface area contributed by atoms with Gasteiger partial charge in [-0.2, -0.15) is 26.3 Å². The van der Waals surface area contributed by atoms with E-state index in [1.165, 1.54) is 13.1 Å². The van der Waals surface area contributed by atoms with Crippen LogP contribution in [-0.4, -0.2) is 42.1 Å². The first-order chi connectivity index (χ1) is 13.8. The zero-order valence-electron chi connectivity index (χ0n) is 15.5. The van der Waals surface area contributed by atoms with Crippen LogP contribution in [0.25, 0.3) is 0 Å². The first-order valence-corrected chi connectivity index (χ1v) is 8.41. The smallest absolute Gasteiger partial charge is 0.416 e. The summed E-state index contributed by atoms with van der Waals surface area (Å²) in [5, 5.41) is 9.33. The third kappa shape index (κ3) is 5.65. The molecule has 0 atom stereocenters. The Morgan fingerprint density at radius 1 is 0.867 bits per heavy atom. The number of rotatable bonds is 5. The van der Waals surface area contributed by atoms with Gasteiger partial charge in [0.05, 0.1) is 11.1 Å². The molecule has 0 aliphatic carbocycles. The summed E-state index contributed by atoms with van der Waals surface area (Å²) < 4.78 is 77.0. The van der Waals surface area contributed by atoms with Crippen LogP contribution in [0, 0.1) is 0 Å². The highest BCUT2D eigenvalue weighted by molar-refractivity contribution is 5.94. The Labute approximate surface area is 167 Å². The Balaban J connectivity index is 2.15. The highest BCUT2D eigenvalue weighted by Crippen LogP contribution is 2.32. The maximum Gasteiger partial charge on any atom is 0.416 e. The van der Waals surface area contributed by atoms with Gasteiger partial charge in [0, 0.05) is 31.4 Å². The average Bonchev–Trinajstić information content (AvgIpc) is 2.66. The number of likely N-dealkylation sites (N-methyl/N-ethyl adjacent to an activating group) is 1. The summed E-state index contributed by atoms with van der Waals surface area (Å²) in [6.45, 7) is -0.657. The van der Waals surface area contributed by atoms with E-state index in [0.29, 0.717) is 17.0 Å². The van der Waals surface area contributed by atoms with Gasteiger partial charge in [-0.25, -0.2) is 4.79 Å². The summed E-state index contributed by atoms with van der Waals surface area (Å²) in [4.78, 5) is 25.5. The molecule has 1 N–H and O–H groups in total. The van der Waals surface area contributed by atoms with Crippen LogP contribution in [0.3, 0.4) is 0 Å². The van der Waals surface area contributed by atoms with Crippen LogP contribution >= 0.6 is 0 Å². The molecular formula is C19H16F6N2O3. The van der Waals surface area contributed by atoms with E-state index in [9.17, 15) is 41.0 Å². The molecule has 2 aromatic rings. The summed E-state index contributed by atoms with van der Waals surface area (Å²) in [5.74, 6) is -0.796. The van der Waals surface area contributed by atoms with E-state index in [-0.39, 0.29) is 17.8 Å². The Bertz CT molecular complexity index is 927. The van der Waals surface area contributed by atoms with Crippen molar-refractivity contribution < 1.29 is 41.0 Å². The number of amides is 2. The molecule has 0 unspecified atom stereocenters. The minimum Gasteiger partial charge on any atom is -0.465 e. The fraction of sp³-hybridized carbons (Fsp3) is 0.263. The van der Waals surface area contributed by atoms with Crippen LogP contribution in [0.5, 0.6) is 0 Å². The number of nitrogens with zero attached hydrogens (tertiary/aromatic N) is 2. The van der Waals surface area contributed by atoms with Gasteiger partial charge in [0.2, 0.25) is 0 Å². The van der Waals surface area contributed by atoms with Crippen LogP contribution in [0.2, 0.25) is 0 Å². The SMILES string of the molecule is CN(CCN(C(=O)O)c1cccc(C(F)(F)F)c1)C(=O)c1cccc(C(F)(F)F)c1. The minimum absolute atomic E-state index is 0.253. The van der Waals surface area contributed by atoms with Gasteiger partial charge in [-0.15, -0.1) is 0 Å². The van der Waals surface area contributed by atoms with Crippen LogP contribution < -0.4 is 4.90 Å². The van der Waals surface area contributed by atoms with Crippen molar-refractivity contribution in [2.75, 3.05) is 25.0 Å². The number of hydrogen-bond donors (Lipinski definition) is 1. The van der Waals surface area contributed by atoms with Crippen molar-refractivity contribution in [3.63, 3.8) is 0 Å². The van der Waals surface area contributed by atoms with Crippen LogP contribution in [0.15, 0.2) is 48.5 Å². The molecule has 0 aliphatic rings. The fourth-order valence-corrected chi connectivity index (χ4v) is 2.59. The molecule has 0 fully saturated rings. The van der Waals surface area contributed by atoms with Gasteiger partial charge in [-0.05, 0) is 36.4 Å². The minimum atomic E-state index is -4.67. The van der Waals surface area contributed by atoms with Crippen molar-refractivity contribution >= 4 is 17.7 Å². The normalized spacial score (nSPS) is 11.8. The Morgan fingerprint density at radius 3 is 1.93 bits per heavy atom. The number of carbonyl (C=O) groups excluding carboxylic acids is 1. The van der Waals surface area contributed by atoms with Crippen LogP contribution in [0.1, 0.15) is 21.5 Å². The van der Waals surface area contributed by atoms with Crippen LogP contribution in [0.4, 0.5) is 36.8 Å². The van der Waals surface area contributed by atoms with Crippen LogP contribution in [-0.2, 0) is 12.4 Å². The highest BCUT2D eigenvalue weighted by atomic mass is 19.4. The molecule has 5 nitrogen and oxygen atoms in total. The van der Waals surface area contributed by atoms with Gasteiger partial charge in [-0.3, -0.25) is 9.69 Å². The lowest BCUT2D eigenvalue weighted by Crippen LogP contribution is -2.39. The number of hydrogen-bond acceptors (Lipinski definition) is 2. The van der Waals surface area contributed by atoms with Crippen molar-refractivity contribution in [3.8, 4) is 0 Å². The quantitative estimate of drug-likeness (QED) is 0.676. The number of anilines is 1. The maximum absolute atomic E-state index is 12.9. The lowest BCUT2D eigenvalue weighted by Gasteiger charge is -2.24. The second-order valence-corrected chi connectivity index (χ2v) is 6.29. The molecule has 0 spiro atoms. The average molecular weight is 434 g/mol. The lowest BCUT2D eigenvalue weighted by atomic mass is 10.1. The zero-order valence-corrected chi connectivity index (χ0v) is 15.5. The molecule has 0 radical (unpaired) electrons. The molecule has 162 valence electrons. The molecule has 0 saturated heterocycles. The predicted molar refractivity (Wildman–Crippen MR) is 95.2 cm³/mol. The summed E-state index contributed by atoms with van der Waals surface area (Å²) in [6.07, 6.45) is -10.9.